The van der Waals surface area contributed by atoms with Gasteiger partial charge in [-0.15, -0.1) is 0 Å². The first kappa shape index (κ1) is 18.8. The van der Waals surface area contributed by atoms with E-state index in [0.717, 1.165) is 12.1 Å². The molecule has 0 saturated carbocycles. The standard InChI is InChI=1S/C15H19F3N2O3/c1-4-20(13(21)9-19-14(22)23-3)10(2)11-6-5-7-12(8-11)15(16,17)18/h5-8,10H,4,9H2,1-3H3,(H,19,22)/t10-/m0/s1. The summed E-state index contributed by atoms with van der Waals surface area (Å²) >= 11 is 0. The Kier molecular flexibility index (Phi) is 6.41. The molecule has 0 spiro atoms. The Hall–Kier alpha value is -2.25. The summed E-state index contributed by atoms with van der Waals surface area (Å²) in [7, 11) is 1.17. The van der Waals surface area contributed by atoms with Crippen LogP contribution in [0.1, 0.15) is 31.0 Å². The van der Waals surface area contributed by atoms with Crippen LogP contribution in [-0.2, 0) is 15.7 Å². The summed E-state index contributed by atoms with van der Waals surface area (Å²) in [5.74, 6) is -0.414. The number of amides is 2. The third kappa shape index (κ3) is 5.15. The maximum Gasteiger partial charge on any atom is 0.416 e. The number of benzene rings is 1. The van der Waals surface area contributed by atoms with Gasteiger partial charge in [-0.25, -0.2) is 4.79 Å². The predicted octanol–water partition coefficient (Wildman–Crippen LogP) is 2.97. The smallest absolute Gasteiger partial charge is 0.416 e. The molecule has 0 saturated heterocycles. The second-order valence-corrected chi connectivity index (χ2v) is 4.82. The second kappa shape index (κ2) is 7.85. The van der Waals surface area contributed by atoms with E-state index < -0.39 is 29.8 Å². The lowest BCUT2D eigenvalue weighted by molar-refractivity contribution is -0.137. The highest BCUT2D eigenvalue weighted by Crippen LogP contribution is 2.31. The van der Waals surface area contributed by atoms with Gasteiger partial charge in [0.2, 0.25) is 5.91 Å². The molecular formula is C15H19F3N2O3. The predicted molar refractivity (Wildman–Crippen MR) is 77.7 cm³/mol. The zero-order valence-corrected chi connectivity index (χ0v) is 13.1. The SMILES string of the molecule is CCN(C(=O)CNC(=O)OC)[C@@H](C)c1cccc(C(F)(F)F)c1. The molecule has 0 aliphatic heterocycles. The summed E-state index contributed by atoms with van der Waals surface area (Å²) in [6.07, 6.45) is -5.19. The average Bonchev–Trinajstić information content (AvgIpc) is 2.52. The van der Waals surface area contributed by atoms with Gasteiger partial charge in [-0.2, -0.15) is 13.2 Å². The Morgan fingerprint density at radius 1 is 1.35 bits per heavy atom. The van der Waals surface area contributed by atoms with Gasteiger partial charge in [0.25, 0.3) is 0 Å². The number of carbonyl (C=O) groups excluding carboxylic acids is 2. The van der Waals surface area contributed by atoms with Crippen LogP contribution in [0.4, 0.5) is 18.0 Å². The normalized spacial score (nSPS) is 12.4. The molecular weight excluding hydrogens is 313 g/mol. The molecule has 0 aliphatic carbocycles. The summed E-state index contributed by atoms with van der Waals surface area (Å²) < 4.78 is 42.7. The number of hydrogen-bond donors (Lipinski definition) is 1. The molecule has 0 aliphatic rings. The van der Waals surface area contributed by atoms with Crippen LogP contribution in [0.2, 0.25) is 0 Å². The van der Waals surface area contributed by atoms with Crippen molar-refractivity contribution >= 4 is 12.0 Å². The third-order valence-corrected chi connectivity index (χ3v) is 3.39. The van der Waals surface area contributed by atoms with E-state index in [-0.39, 0.29) is 6.54 Å². The molecule has 1 atom stereocenters. The van der Waals surface area contributed by atoms with Gasteiger partial charge < -0.3 is 15.0 Å². The Morgan fingerprint density at radius 2 is 2.00 bits per heavy atom. The van der Waals surface area contributed by atoms with Crippen molar-refractivity contribution in [2.24, 2.45) is 0 Å². The Labute approximate surface area is 132 Å². The van der Waals surface area contributed by atoms with Gasteiger partial charge in [0.05, 0.1) is 18.7 Å². The number of rotatable bonds is 5. The molecule has 0 aromatic heterocycles. The summed E-state index contributed by atoms with van der Waals surface area (Å²) in [5.41, 5.74) is -0.397. The van der Waals surface area contributed by atoms with Gasteiger partial charge in [-0.3, -0.25) is 4.79 Å². The molecule has 0 radical (unpaired) electrons. The van der Waals surface area contributed by atoms with Gasteiger partial charge >= 0.3 is 12.3 Å². The summed E-state index contributed by atoms with van der Waals surface area (Å²) in [6.45, 7) is 3.35. The van der Waals surface area contributed by atoms with Crippen molar-refractivity contribution in [3.63, 3.8) is 0 Å². The molecule has 0 fully saturated rings. The van der Waals surface area contributed by atoms with Crippen LogP contribution in [0.5, 0.6) is 0 Å². The zero-order valence-electron chi connectivity index (χ0n) is 13.1. The quantitative estimate of drug-likeness (QED) is 0.902. The molecule has 1 aromatic carbocycles. The molecule has 2 amide bonds. The van der Waals surface area contributed by atoms with E-state index in [4.69, 9.17) is 0 Å². The van der Waals surface area contributed by atoms with Crippen molar-refractivity contribution in [1.82, 2.24) is 10.2 Å². The van der Waals surface area contributed by atoms with Crippen molar-refractivity contribution in [2.45, 2.75) is 26.1 Å². The fourth-order valence-electron chi connectivity index (χ4n) is 2.14. The number of halogens is 3. The van der Waals surface area contributed by atoms with Crippen LogP contribution in [0.3, 0.4) is 0 Å². The lowest BCUT2D eigenvalue weighted by atomic mass is 10.0. The lowest BCUT2D eigenvalue weighted by Gasteiger charge is -2.29. The maximum absolute atomic E-state index is 12.8. The lowest BCUT2D eigenvalue weighted by Crippen LogP contribution is -2.41. The zero-order chi connectivity index (χ0) is 17.6. The average molecular weight is 332 g/mol. The van der Waals surface area contributed by atoms with E-state index in [0.29, 0.717) is 12.1 Å². The first-order valence-electron chi connectivity index (χ1n) is 6.99. The maximum atomic E-state index is 12.8. The number of methoxy groups -OCH3 is 1. The van der Waals surface area contributed by atoms with Crippen LogP contribution in [0, 0.1) is 0 Å². The fraction of sp³-hybridized carbons (Fsp3) is 0.467. The van der Waals surface area contributed by atoms with Gasteiger partial charge in [0.15, 0.2) is 0 Å². The van der Waals surface area contributed by atoms with Gasteiger partial charge in [-0.1, -0.05) is 12.1 Å². The number of alkyl carbamates (subject to hydrolysis) is 1. The Balaban J connectivity index is 2.90. The van der Waals surface area contributed by atoms with Crippen molar-refractivity contribution in [1.29, 1.82) is 0 Å². The second-order valence-electron chi connectivity index (χ2n) is 4.82. The highest BCUT2D eigenvalue weighted by molar-refractivity contribution is 5.82. The first-order valence-corrected chi connectivity index (χ1v) is 6.99. The number of hydrogen-bond acceptors (Lipinski definition) is 3. The minimum atomic E-state index is -4.44. The van der Waals surface area contributed by atoms with Crippen molar-refractivity contribution in [3.8, 4) is 0 Å². The minimum absolute atomic E-state index is 0.288. The Bertz CT molecular complexity index is 561. The highest BCUT2D eigenvalue weighted by Gasteiger charge is 2.31. The van der Waals surface area contributed by atoms with Crippen molar-refractivity contribution in [2.75, 3.05) is 20.2 Å². The van der Waals surface area contributed by atoms with Gasteiger partial charge in [0.1, 0.15) is 6.54 Å². The fourth-order valence-corrected chi connectivity index (χ4v) is 2.14. The van der Waals surface area contributed by atoms with Crippen LogP contribution in [-0.4, -0.2) is 37.1 Å². The molecule has 0 unspecified atom stereocenters. The van der Waals surface area contributed by atoms with E-state index in [1.807, 2.05) is 0 Å². The summed E-state index contributed by atoms with van der Waals surface area (Å²) in [5, 5.41) is 2.26. The molecule has 1 N–H and O–H groups in total. The number of likely N-dealkylation sites (N-methyl/N-ethyl adjacent to an activating group) is 1. The van der Waals surface area contributed by atoms with Crippen LogP contribution in [0.25, 0.3) is 0 Å². The molecule has 0 heterocycles. The highest BCUT2D eigenvalue weighted by atomic mass is 19.4. The van der Waals surface area contributed by atoms with E-state index in [2.05, 4.69) is 10.1 Å². The topological polar surface area (TPSA) is 58.6 Å². The minimum Gasteiger partial charge on any atom is -0.453 e. The Morgan fingerprint density at radius 3 is 2.52 bits per heavy atom. The molecule has 1 rings (SSSR count). The third-order valence-electron chi connectivity index (χ3n) is 3.39. The number of ether oxygens (including phenoxy) is 1. The molecule has 8 heteroatoms. The number of carbonyl (C=O) groups is 2. The van der Waals surface area contributed by atoms with Crippen LogP contribution in [0.15, 0.2) is 24.3 Å². The van der Waals surface area contributed by atoms with E-state index in [1.165, 1.54) is 24.1 Å². The van der Waals surface area contributed by atoms with E-state index in [9.17, 15) is 22.8 Å². The molecule has 1 aromatic rings. The number of nitrogens with zero attached hydrogens (tertiary/aromatic N) is 1. The van der Waals surface area contributed by atoms with Crippen molar-refractivity contribution in [3.05, 3.63) is 35.4 Å². The van der Waals surface area contributed by atoms with Gasteiger partial charge in [0, 0.05) is 6.54 Å². The largest absolute Gasteiger partial charge is 0.453 e. The first-order chi connectivity index (χ1) is 10.7. The molecule has 23 heavy (non-hydrogen) atoms. The molecule has 128 valence electrons. The van der Waals surface area contributed by atoms with E-state index in [1.54, 1.807) is 13.8 Å². The van der Waals surface area contributed by atoms with Crippen LogP contribution >= 0.6 is 0 Å². The molecule has 5 nitrogen and oxygen atoms in total. The summed E-state index contributed by atoms with van der Waals surface area (Å²) in [4.78, 5) is 24.5. The van der Waals surface area contributed by atoms with Gasteiger partial charge in [-0.05, 0) is 31.5 Å². The molecule has 0 bridgehead atoms. The number of alkyl halides is 3. The van der Waals surface area contributed by atoms with Crippen molar-refractivity contribution < 1.29 is 27.5 Å². The van der Waals surface area contributed by atoms with Crippen LogP contribution < -0.4 is 5.32 Å². The van der Waals surface area contributed by atoms with E-state index >= 15 is 0 Å². The summed E-state index contributed by atoms with van der Waals surface area (Å²) in [6, 6.07) is 4.28. The monoisotopic (exact) mass is 332 g/mol. The number of nitrogens with one attached hydrogen (secondary N) is 1.